The fourth-order valence-electron chi connectivity index (χ4n) is 4.67. The summed E-state index contributed by atoms with van der Waals surface area (Å²) in [4.78, 5) is 40.7. The molecule has 4 heterocycles. The van der Waals surface area contributed by atoms with Gasteiger partial charge in [0.1, 0.15) is 23.4 Å². The van der Waals surface area contributed by atoms with E-state index < -0.39 is 0 Å². The topological polar surface area (TPSA) is 116 Å². The van der Waals surface area contributed by atoms with E-state index >= 15 is 0 Å². The second-order valence-corrected chi connectivity index (χ2v) is 8.85. The van der Waals surface area contributed by atoms with Gasteiger partial charge in [0.05, 0.1) is 34.7 Å². The number of nitrogens with one attached hydrogen (secondary N) is 1. The molecule has 9 heteroatoms. The number of fused-ring (bicyclic) bond motifs is 2. The number of piperidine rings is 1. The lowest BCUT2D eigenvalue weighted by atomic mass is 9.97. The van der Waals surface area contributed by atoms with Crippen molar-refractivity contribution in [2.45, 2.75) is 26.7 Å². The molecule has 1 aromatic carbocycles. The molecule has 3 aromatic heterocycles. The monoisotopic (exact) mass is 482 g/mol. The Bertz CT molecular complexity index is 1560. The quantitative estimate of drug-likeness (QED) is 0.340. The lowest BCUT2D eigenvalue weighted by molar-refractivity contribution is -0.148. The third kappa shape index (κ3) is 4.22. The van der Waals surface area contributed by atoms with Crippen LogP contribution in [0.5, 0.6) is 0 Å². The summed E-state index contributed by atoms with van der Waals surface area (Å²) in [6.07, 6.45) is 4.69. The number of aromatic nitrogens is 4. The van der Waals surface area contributed by atoms with Crippen molar-refractivity contribution in [1.29, 1.82) is 5.26 Å². The first-order valence-electron chi connectivity index (χ1n) is 12.0. The predicted octanol–water partition coefficient (Wildman–Crippen LogP) is 3.72. The minimum absolute atomic E-state index is 0.220. The van der Waals surface area contributed by atoms with Crippen LogP contribution < -0.4 is 10.5 Å². The largest absolute Gasteiger partial charge is 0.466 e. The van der Waals surface area contributed by atoms with Crippen molar-refractivity contribution in [2.75, 3.05) is 24.6 Å². The van der Waals surface area contributed by atoms with Crippen LogP contribution in [-0.4, -0.2) is 45.0 Å². The molecule has 0 unspecified atom stereocenters. The maximum atomic E-state index is 13.7. The number of carbonyl (C=O) groups is 1. The van der Waals surface area contributed by atoms with E-state index in [2.05, 4.69) is 16.0 Å². The minimum atomic E-state index is -0.307. The summed E-state index contributed by atoms with van der Waals surface area (Å²) < 4.78 is 6.75. The summed E-state index contributed by atoms with van der Waals surface area (Å²) in [5.74, 6) is 0.278. The molecule has 1 aliphatic heterocycles. The summed E-state index contributed by atoms with van der Waals surface area (Å²) in [5, 5.41) is 10.0. The number of aromatic amines is 1. The van der Waals surface area contributed by atoms with Crippen molar-refractivity contribution in [2.24, 2.45) is 5.92 Å². The number of esters is 1. The second kappa shape index (κ2) is 9.66. The Labute approximate surface area is 207 Å². The molecule has 1 saturated heterocycles. The van der Waals surface area contributed by atoms with Gasteiger partial charge < -0.3 is 14.6 Å². The van der Waals surface area contributed by atoms with Gasteiger partial charge in [0.2, 0.25) is 0 Å². The van der Waals surface area contributed by atoms with Crippen LogP contribution in [0.25, 0.3) is 28.3 Å². The molecule has 1 aliphatic rings. The number of rotatable bonds is 5. The maximum absolute atomic E-state index is 13.7. The first-order valence-corrected chi connectivity index (χ1v) is 12.0. The highest BCUT2D eigenvalue weighted by Crippen LogP contribution is 2.28. The van der Waals surface area contributed by atoms with Gasteiger partial charge in [-0.25, -0.2) is 9.97 Å². The van der Waals surface area contributed by atoms with Crippen molar-refractivity contribution in [3.63, 3.8) is 0 Å². The van der Waals surface area contributed by atoms with E-state index in [0.717, 1.165) is 23.0 Å². The number of ether oxygens (including phenoxy) is 1. The Hall–Kier alpha value is -4.45. The summed E-state index contributed by atoms with van der Waals surface area (Å²) in [5.41, 5.74) is 3.12. The van der Waals surface area contributed by atoms with E-state index in [0.29, 0.717) is 43.4 Å². The Morgan fingerprint density at radius 2 is 2.11 bits per heavy atom. The van der Waals surface area contributed by atoms with Crippen LogP contribution in [0.3, 0.4) is 0 Å². The second-order valence-electron chi connectivity index (χ2n) is 8.85. The van der Waals surface area contributed by atoms with E-state index in [1.165, 1.54) is 4.40 Å². The minimum Gasteiger partial charge on any atom is -0.466 e. The molecule has 0 aliphatic carbocycles. The predicted molar refractivity (Wildman–Crippen MR) is 137 cm³/mol. The zero-order valence-electron chi connectivity index (χ0n) is 20.2. The number of nitrogens with zero attached hydrogens (tertiary/aromatic N) is 5. The molecule has 5 rings (SSSR count). The lowest BCUT2D eigenvalue weighted by Gasteiger charge is -2.33. The number of H-pyrrole nitrogens is 1. The molecule has 182 valence electrons. The van der Waals surface area contributed by atoms with Gasteiger partial charge in [-0.2, -0.15) is 5.26 Å². The summed E-state index contributed by atoms with van der Waals surface area (Å²) in [6, 6.07) is 13.4. The highest BCUT2D eigenvalue weighted by molar-refractivity contribution is 5.92. The normalized spacial score (nSPS) is 16.3. The lowest BCUT2D eigenvalue weighted by Crippen LogP contribution is -2.41. The Balaban J connectivity index is 1.67. The van der Waals surface area contributed by atoms with Crippen LogP contribution in [0.2, 0.25) is 0 Å². The number of pyridine rings is 1. The zero-order chi connectivity index (χ0) is 25.2. The highest BCUT2D eigenvalue weighted by atomic mass is 16.5. The molecule has 1 fully saturated rings. The van der Waals surface area contributed by atoms with Crippen LogP contribution in [0.15, 0.2) is 47.4 Å². The van der Waals surface area contributed by atoms with Gasteiger partial charge in [0.15, 0.2) is 0 Å². The highest BCUT2D eigenvalue weighted by Gasteiger charge is 2.30. The summed E-state index contributed by atoms with van der Waals surface area (Å²) >= 11 is 0. The number of aryl methyl sites for hydroxylation is 1. The molecule has 0 bridgehead atoms. The third-order valence-corrected chi connectivity index (χ3v) is 6.46. The van der Waals surface area contributed by atoms with Gasteiger partial charge in [-0.05, 0) is 56.5 Å². The van der Waals surface area contributed by atoms with Crippen molar-refractivity contribution in [3.8, 4) is 6.07 Å². The Kier molecular flexibility index (Phi) is 6.25. The van der Waals surface area contributed by atoms with Crippen molar-refractivity contribution in [3.05, 3.63) is 69.9 Å². The first kappa shape index (κ1) is 23.3. The SMILES string of the molecule is CCOC(=O)[C@H]1CCCN(c2nc3c(C)cccn3c(=O)c2/C=C(\C#N)c2nc3ccccc3[nH]2)C1. The van der Waals surface area contributed by atoms with Gasteiger partial charge in [0, 0.05) is 19.3 Å². The number of hydrogen-bond donors (Lipinski definition) is 1. The molecule has 4 aromatic rings. The van der Waals surface area contributed by atoms with E-state index in [1.807, 2.05) is 42.2 Å². The number of allylic oxidation sites excluding steroid dienone is 1. The van der Waals surface area contributed by atoms with Crippen molar-refractivity contribution < 1.29 is 9.53 Å². The zero-order valence-corrected chi connectivity index (χ0v) is 20.2. The number of imidazole rings is 1. The van der Waals surface area contributed by atoms with Gasteiger partial charge in [-0.1, -0.05) is 18.2 Å². The third-order valence-electron chi connectivity index (χ3n) is 6.46. The van der Waals surface area contributed by atoms with Crippen LogP contribution in [0, 0.1) is 24.2 Å². The van der Waals surface area contributed by atoms with Gasteiger partial charge in [-0.3, -0.25) is 14.0 Å². The first-order chi connectivity index (χ1) is 17.5. The Morgan fingerprint density at radius 3 is 2.89 bits per heavy atom. The fourth-order valence-corrected chi connectivity index (χ4v) is 4.67. The van der Waals surface area contributed by atoms with Crippen molar-refractivity contribution in [1.82, 2.24) is 19.4 Å². The smallest absolute Gasteiger partial charge is 0.310 e. The van der Waals surface area contributed by atoms with E-state index in [4.69, 9.17) is 9.72 Å². The number of carbonyl (C=O) groups excluding carboxylic acids is 1. The number of benzene rings is 1. The molecule has 0 amide bonds. The summed E-state index contributed by atoms with van der Waals surface area (Å²) in [7, 11) is 0. The van der Waals surface area contributed by atoms with E-state index in [-0.39, 0.29) is 28.6 Å². The van der Waals surface area contributed by atoms with Crippen molar-refractivity contribution >= 4 is 40.1 Å². The molecule has 0 saturated carbocycles. The molecule has 9 nitrogen and oxygen atoms in total. The number of anilines is 1. The van der Waals surface area contributed by atoms with Crippen LogP contribution in [0.4, 0.5) is 5.82 Å². The average Bonchev–Trinajstić information content (AvgIpc) is 3.33. The maximum Gasteiger partial charge on any atom is 0.310 e. The molecule has 1 atom stereocenters. The molecular weight excluding hydrogens is 456 g/mol. The van der Waals surface area contributed by atoms with Crippen LogP contribution in [0.1, 0.15) is 36.7 Å². The van der Waals surface area contributed by atoms with Gasteiger partial charge >= 0.3 is 5.97 Å². The molecule has 0 spiro atoms. The Morgan fingerprint density at radius 1 is 1.28 bits per heavy atom. The van der Waals surface area contributed by atoms with E-state index in [1.54, 1.807) is 25.3 Å². The number of nitriles is 1. The number of hydrogen-bond acceptors (Lipinski definition) is 7. The average molecular weight is 483 g/mol. The molecule has 36 heavy (non-hydrogen) atoms. The van der Waals surface area contributed by atoms with E-state index in [9.17, 15) is 14.9 Å². The molecule has 0 radical (unpaired) electrons. The van der Waals surface area contributed by atoms with Crippen LogP contribution >= 0.6 is 0 Å². The van der Waals surface area contributed by atoms with Crippen LogP contribution in [-0.2, 0) is 9.53 Å². The summed E-state index contributed by atoms with van der Waals surface area (Å²) in [6.45, 7) is 5.03. The molecular formula is C27H26N6O3. The molecule has 1 N–H and O–H groups in total. The fraction of sp³-hybridized carbons (Fsp3) is 0.296. The van der Waals surface area contributed by atoms with Gasteiger partial charge in [0.25, 0.3) is 5.56 Å². The van der Waals surface area contributed by atoms with Gasteiger partial charge in [-0.15, -0.1) is 0 Å². The number of para-hydroxylation sites is 2. The standard InChI is InChI=1S/C27H26N6O3/c1-3-36-27(35)18-9-7-12-32(16-18)25-20(26(34)33-13-6-8-17(2)24(33)31-25)14-19(15-28)23-29-21-10-4-5-11-22(21)30-23/h4-6,8,10-11,13-14,18H,3,7,9,12,16H2,1-2H3,(H,29,30)/b19-14+/t18-/m0/s1.